The van der Waals surface area contributed by atoms with E-state index in [9.17, 15) is 18.0 Å². The first kappa shape index (κ1) is 25.1. The van der Waals surface area contributed by atoms with E-state index in [4.69, 9.17) is 9.63 Å². The number of alkyl halides is 3. The number of aromatic nitrogens is 2. The molecule has 9 heteroatoms. The lowest BCUT2D eigenvalue weighted by Gasteiger charge is -2.15. The Labute approximate surface area is 205 Å². The van der Waals surface area contributed by atoms with Crippen LogP contribution in [0.2, 0.25) is 0 Å². The van der Waals surface area contributed by atoms with Gasteiger partial charge >= 0.3 is 12.1 Å². The van der Waals surface area contributed by atoms with Gasteiger partial charge in [-0.2, -0.15) is 18.2 Å². The highest BCUT2D eigenvalue weighted by Gasteiger charge is 2.34. The van der Waals surface area contributed by atoms with Crippen LogP contribution in [0.15, 0.2) is 71.3 Å². The summed E-state index contributed by atoms with van der Waals surface area (Å²) < 4.78 is 47.1. The lowest BCUT2D eigenvalue weighted by Crippen LogP contribution is -2.25. The second-order valence-corrected chi connectivity index (χ2v) is 8.56. The van der Waals surface area contributed by atoms with Crippen molar-refractivity contribution in [2.45, 2.75) is 26.6 Å². The number of hydrogen-bond acceptors (Lipinski definition) is 5. The summed E-state index contributed by atoms with van der Waals surface area (Å²) in [6, 6.07) is 18.1. The second-order valence-electron chi connectivity index (χ2n) is 8.56. The van der Waals surface area contributed by atoms with E-state index in [-0.39, 0.29) is 22.8 Å². The van der Waals surface area contributed by atoms with Crippen molar-refractivity contribution in [1.29, 1.82) is 0 Å². The second kappa shape index (κ2) is 10.3. The van der Waals surface area contributed by atoms with Crippen LogP contribution in [0.25, 0.3) is 34.0 Å². The van der Waals surface area contributed by atoms with Crippen molar-refractivity contribution in [2.24, 2.45) is 5.92 Å². The fourth-order valence-electron chi connectivity index (χ4n) is 3.77. The number of benzene rings is 3. The molecule has 0 fully saturated rings. The van der Waals surface area contributed by atoms with Gasteiger partial charge in [0.05, 0.1) is 11.5 Å². The van der Waals surface area contributed by atoms with E-state index >= 15 is 0 Å². The molecule has 0 bridgehead atoms. The van der Waals surface area contributed by atoms with Crippen molar-refractivity contribution in [3.05, 3.63) is 83.4 Å². The lowest BCUT2D eigenvalue weighted by atomic mass is 9.94. The maximum absolute atomic E-state index is 13.9. The molecule has 186 valence electrons. The minimum Gasteiger partial charge on any atom is -0.481 e. The smallest absolute Gasteiger partial charge is 0.417 e. The first-order chi connectivity index (χ1) is 17.1. The molecular formula is C27H24F3N3O3. The van der Waals surface area contributed by atoms with Crippen LogP contribution in [0.3, 0.4) is 0 Å². The molecule has 3 aromatic carbocycles. The molecule has 0 spiro atoms. The van der Waals surface area contributed by atoms with Gasteiger partial charge in [0.2, 0.25) is 5.82 Å². The summed E-state index contributed by atoms with van der Waals surface area (Å²) >= 11 is 0. The Morgan fingerprint density at radius 1 is 1.03 bits per heavy atom. The highest BCUT2D eigenvalue weighted by molar-refractivity contribution is 5.74. The number of hydrogen-bond donors (Lipinski definition) is 2. The number of aliphatic carboxylic acids is 1. The van der Waals surface area contributed by atoms with Gasteiger partial charge in [-0.1, -0.05) is 66.7 Å². The van der Waals surface area contributed by atoms with Crippen LogP contribution in [-0.4, -0.2) is 27.8 Å². The van der Waals surface area contributed by atoms with Crippen LogP contribution in [0.1, 0.15) is 23.6 Å². The largest absolute Gasteiger partial charge is 0.481 e. The van der Waals surface area contributed by atoms with Gasteiger partial charge in [0.15, 0.2) is 0 Å². The summed E-state index contributed by atoms with van der Waals surface area (Å²) in [6.45, 7) is 4.22. The molecule has 0 radical (unpaired) electrons. The highest BCUT2D eigenvalue weighted by atomic mass is 19.4. The monoisotopic (exact) mass is 495 g/mol. The molecule has 1 heterocycles. The molecule has 36 heavy (non-hydrogen) atoms. The first-order valence-corrected chi connectivity index (χ1v) is 11.3. The number of aryl methyl sites for hydroxylation is 1. The van der Waals surface area contributed by atoms with E-state index in [0.717, 1.165) is 17.2 Å². The standard InChI is InChI=1S/C27H24F3N3O3/c1-16-5-3-4-6-21(16)22-12-11-20(13-23(22)27(28,29)30)25-32-24(33-36-25)19-9-7-18(8-10-19)15-31-14-17(2)26(34)35/h3-13,17,31H,14-15H2,1-2H3,(H,34,35). The van der Waals surface area contributed by atoms with Gasteiger partial charge in [0, 0.05) is 24.2 Å². The maximum Gasteiger partial charge on any atom is 0.417 e. The molecule has 1 unspecified atom stereocenters. The van der Waals surface area contributed by atoms with Gasteiger partial charge in [-0.25, -0.2) is 0 Å². The Morgan fingerprint density at radius 3 is 2.39 bits per heavy atom. The molecule has 1 aromatic heterocycles. The molecule has 0 aliphatic carbocycles. The molecule has 0 saturated heterocycles. The van der Waals surface area contributed by atoms with E-state index in [1.165, 1.54) is 6.07 Å². The summed E-state index contributed by atoms with van der Waals surface area (Å²) in [5, 5.41) is 16.0. The van der Waals surface area contributed by atoms with Gasteiger partial charge in [0.1, 0.15) is 0 Å². The van der Waals surface area contributed by atoms with Crippen LogP contribution < -0.4 is 5.32 Å². The number of carboxylic acid groups (broad SMARTS) is 1. The van der Waals surface area contributed by atoms with Gasteiger partial charge in [-0.15, -0.1) is 0 Å². The summed E-state index contributed by atoms with van der Waals surface area (Å²) in [7, 11) is 0. The number of rotatable bonds is 8. The van der Waals surface area contributed by atoms with Crippen molar-refractivity contribution in [3.63, 3.8) is 0 Å². The van der Waals surface area contributed by atoms with Gasteiger partial charge < -0.3 is 14.9 Å². The maximum atomic E-state index is 13.9. The molecule has 1 atom stereocenters. The molecule has 0 amide bonds. The lowest BCUT2D eigenvalue weighted by molar-refractivity contribution is -0.141. The Balaban J connectivity index is 1.55. The quantitative estimate of drug-likeness (QED) is 0.302. The number of nitrogens with zero attached hydrogens (tertiary/aromatic N) is 2. The average Bonchev–Trinajstić information content (AvgIpc) is 3.34. The summed E-state index contributed by atoms with van der Waals surface area (Å²) in [6.07, 6.45) is -4.57. The van der Waals surface area contributed by atoms with Crippen molar-refractivity contribution in [3.8, 4) is 34.0 Å². The zero-order chi connectivity index (χ0) is 25.9. The number of nitrogens with one attached hydrogen (secondary N) is 1. The van der Waals surface area contributed by atoms with Crippen LogP contribution >= 0.6 is 0 Å². The van der Waals surface area contributed by atoms with Crippen LogP contribution in [-0.2, 0) is 17.5 Å². The number of carboxylic acids is 1. The fourth-order valence-corrected chi connectivity index (χ4v) is 3.77. The fraction of sp³-hybridized carbons (Fsp3) is 0.222. The zero-order valence-corrected chi connectivity index (χ0v) is 19.6. The Kier molecular flexibility index (Phi) is 7.21. The molecule has 0 saturated carbocycles. The molecule has 4 aromatic rings. The van der Waals surface area contributed by atoms with Crippen molar-refractivity contribution in [1.82, 2.24) is 15.5 Å². The molecular weight excluding hydrogens is 471 g/mol. The molecule has 6 nitrogen and oxygen atoms in total. The van der Waals surface area contributed by atoms with Crippen LogP contribution in [0.4, 0.5) is 13.2 Å². The molecule has 0 aliphatic heterocycles. The molecule has 0 aliphatic rings. The van der Waals surface area contributed by atoms with Crippen LogP contribution in [0.5, 0.6) is 0 Å². The average molecular weight is 496 g/mol. The SMILES string of the molecule is Cc1ccccc1-c1ccc(-c2nc(-c3ccc(CNCC(C)C(=O)O)cc3)no2)cc1C(F)(F)F. The third kappa shape index (κ3) is 5.63. The van der Waals surface area contributed by atoms with Gasteiger partial charge in [0.25, 0.3) is 5.89 Å². The topological polar surface area (TPSA) is 88.2 Å². The van der Waals surface area contributed by atoms with Crippen LogP contribution in [0, 0.1) is 12.8 Å². The molecule has 2 N–H and O–H groups in total. The third-order valence-corrected chi connectivity index (χ3v) is 5.85. The summed E-state index contributed by atoms with van der Waals surface area (Å²) in [5.41, 5.74) is 2.31. The predicted molar refractivity (Wildman–Crippen MR) is 129 cm³/mol. The van der Waals surface area contributed by atoms with E-state index < -0.39 is 23.6 Å². The Hall–Kier alpha value is -3.98. The van der Waals surface area contributed by atoms with Gasteiger partial charge in [-0.05, 0) is 41.3 Å². The van der Waals surface area contributed by atoms with Crippen molar-refractivity contribution < 1.29 is 27.6 Å². The van der Waals surface area contributed by atoms with Crippen molar-refractivity contribution >= 4 is 5.97 Å². The number of halogens is 3. The minimum absolute atomic E-state index is 0.0137. The minimum atomic E-state index is -4.57. The van der Waals surface area contributed by atoms with E-state index in [2.05, 4.69) is 15.5 Å². The Morgan fingerprint density at radius 2 is 1.72 bits per heavy atom. The zero-order valence-electron chi connectivity index (χ0n) is 19.6. The predicted octanol–water partition coefficient (Wildman–Crippen LogP) is 6.21. The highest BCUT2D eigenvalue weighted by Crippen LogP contribution is 2.40. The van der Waals surface area contributed by atoms with Gasteiger partial charge in [-0.3, -0.25) is 4.79 Å². The Bertz CT molecular complexity index is 1360. The summed E-state index contributed by atoms with van der Waals surface area (Å²) in [4.78, 5) is 15.2. The normalized spacial score (nSPS) is 12.5. The van der Waals surface area contributed by atoms with E-state index in [1.807, 2.05) is 12.1 Å². The summed E-state index contributed by atoms with van der Waals surface area (Å²) in [5.74, 6) is -1.12. The van der Waals surface area contributed by atoms with E-state index in [0.29, 0.717) is 24.2 Å². The molecule has 4 rings (SSSR count). The third-order valence-electron chi connectivity index (χ3n) is 5.85. The van der Waals surface area contributed by atoms with Crippen molar-refractivity contribution in [2.75, 3.05) is 6.54 Å². The first-order valence-electron chi connectivity index (χ1n) is 11.3. The van der Waals surface area contributed by atoms with E-state index in [1.54, 1.807) is 56.3 Å². The number of carbonyl (C=O) groups is 1.